The molecule has 0 bridgehead atoms. The summed E-state index contributed by atoms with van der Waals surface area (Å²) in [6.07, 6.45) is 0. The van der Waals surface area contributed by atoms with E-state index in [4.69, 9.17) is 16.3 Å². The highest BCUT2D eigenvalue weighted by molar-refractivity contribution is 7.78. The van der Waals surface area contributed by atoms with Crippen LogP contribution in [0.15, 0.2) is 23.2 Å². The van der Waals surface area contributed by atoms with Crippen molar-refractivity contribution in [2.45, 2.75) is 0 Å². The minimum atomic E-state index is 0.535. The number of halogens is 1. The predicted octanol–water partition coefficient (Wildman–Crippen LogP) is 3.08. The standard InChI is InChI=1S/C8H6ClNOS/c1-11-6-2-3-7(9)8(4-6)10-5-12/h2-4H,1H3. The van der Waals surface area contributed by atoms with Crippen molar-refractivity contribution in [3.63, 3.8) is 0 Å². The molecule has 0 aromatic heterocycles. The van der Waals surface area contributed by atoms with Gasteiger partial charge in [-0.2, -0.15) is 4.99 Å². The van der Waals surface area contributed by atoms with Gasteiger partial charge in [0.05, 0.1) is 23.0 Å². The first kappa shape index (κ1) is 9.20. The van der Waals surface area contributed by atoms with Crippen molar-refractivity contribution < 1.29 is 4.74 Å². The van der Waals surface area contributed by atoms with Crippen molar-refractivity contribution in [1.29, 1.82) is 0 Å². The molecule has 12 heavy (non-hydrogen) atoms. The van der Waals surface area contributed by atoms with Crippen LogP contribution in [0.5, 0.6) is 5.75 Å². The van der Waals surface area contributed by atoms with Gasteiger partial charge in [0, 0.05) is 6.07 Å². The number of rotatable bonds is 2. The van der Waals surface area contributed by atoms with Crippen LogP contribution in [0.4, 0.5) is 5.69 Å². The van der Waals surface area contributed by atoms with Crippen LogP contribution in [-0.2, 0) is 0 Å². The Kier molecular flexibility index (Phi) is 3.23. The third-order valence-electron chi connectivity index (χ3n) is 1.32. The minimum Gasteiger partial charge on any atom is -0.497 e. The van der Waals surface area contributed by atoms with Crippen LogP contribution in [-0.4, -0.2) is 12.3 Å². The van der Waals surface area contributed by atoms with Gasteiger partial charge < -0.3 is 4.74 Å². The van der Waals surface area contributed by atoms with E-state index in [2.05, 4.69) is 22.4 Å². The molecule has 0 saturated carbocycles. The molecule has 2 nitrogen and oxygen atoms in total. The number of nitrogens with zero attached hydrogens (tertiary/aromatic N) is 1. The quantitative estimate of drug-likeness (QED) is 0.539. The summed E-state index contributed by atoms with van der Waals surface area (Å²) in [6.45, 7) is 0. The van der Waals surface area contributed by atoms with Gasteiger partial charge in [0.2, 0.25) is 0 Å². The number of hydrogen-bond donors (Lipinski definition) is 0. The van der Waals surface area contributed by atoms with Crippen LogP contribution in [0.2, 0.25) is 5.02 Å². The fourth-order valence-electron chi connectivity index (χ4n) is 0.754. The predicted molar refractivity (Wildman–Crippen MR) is 52.7 cm³/mol. The minimum absolute atomic E-state index is 0.535. The zero-order valence-electron chi connectivity index (χ0n) is 6.37. The molecule has 0 unspecified atom stereocenters. The fraction of sp³-hybridized carbons (Fsp3) is 0.125. The lowest BCUT2D eigenvalue weighted by Crippen LogP contribution is -1.80. The van der Waals surface area contributed by atoms with Gasteiger partial charge in [-0.05, 0) is 24.4 Å². The summed E-state index contributed by atoms with van der Waals surface area (Å²) in [5.74, 6) is 0.698. The van der Waals surface area contributed by atoms with Gasteiger partial charge in [-0.3, -0.25) is 0 Å². The maximum absolute atomic E-state index is 5.80. The number of hydrogen-bond acceptors (Lipinski definition) is 3. The average Bonchev–Trinajstić information content (AvgIpc) is 2.09. The lowest BCUT2D eigenvalue weighted by molar-refractivity contribution is 0.415. The topological polar surface area (TPSA) is 21.6 Å². The third-order valence-corrected chi connectivity index (χ3v) is 1.73. The molecule has 0 amide bonds. The van der Waals surface area contributed by atoms with Crippen LogP contribution in [0, 0.1) is 0 Å². The lowest BCUT2D eigenvalue weighted by atomic mass is 10.3. The number of benzene rings is 1. The average molecular weight is 200 g/mol. The molecule has 1 rings (SSSR count). The summed E-state index contributed by atoms with van der Waals surface area (Å²) in [6, 6.07) is 5.15. The molecular formula is C8H6ClNOS. The van der Waals surface area contributed by atoms with Crippen LogP contribution in [0.3, 0.4) is 0 Å². The summed E-state index contributed by atoms with van der Waals surface area (Å²) in [4.78, 5) is 3.77. The van der Waals surface area contributed by atoms with Crippen LogP contribution >= 0.6 is 23.8 Å². The Morgan fingerprint density at radius 1 is 1.58 bits per heavy atom. The fourth-order valence-corrected chi connectivity index (χ4v) is 1.01. The highest BCUT2D eigenvalue weighted by Gasteiger charge is 1.99. The normalized spacial score (nSPS) is 8.83. The van der Waals surface area contributed by atoms with E-state index in [1.54, 1.807) is 25.3 Å². The summed E-state index contributed by atoms with van der Waals surface area (Å²) >= 11 is 10.3. The van der Waals surface area contributed by atoms with E-state index < -0.39 is 0 Å². The number of ether oxygens (including phenoxy) is 1. The van der Waals surface area contributed by atoms with Crippen molar-refractivity contribution in [2.24, 2.45) is 4.99 Å². The molecule has 0 N–H and O–H groups in total. The molecule has 1 aromatic rings. The molecule has 0 aliphatic rings. The second kappa shape index (κ2) is 4.21. The first-order chi connectivity index (χ1) is 5.77. The summed E-state index contributed by atoms with van der Waals surface area (Å²) in [5, 5.41) is 2.78. The summed E-state index contributed by atoms with van der Waals surface area (Å²) in [5.41, 5.74) is 0.575. The zero-order valence-corrected chi connectivity index (χ0v) is 7.95. The van der Waals surface area contributed by atoms with E-state index in [9.17, 15) is 0 Å². The SMILES string of the molecule is COc1ccc(Cl)c(N=C=S)c1. The monoisotopic (exact) mass is 199 g/mol. The van der Waals surface area contributed by atoms with Crippen molar-refractivity contribution in [2.75, 3.05) is 7.11 Å². The van der Waals surface area contributed by atoms with E-state index in [0.717, 1.165) is 0 Å². The van der Waals surface area contributed by atoms with Crippen molar-refractivity contribution in [1.82, 2.24) is 0 Å². The van der Waals surface area contributed by atoms with E-state index in [1.807, 2.05) is 0 Å². The second-order valence-corrected chi connectivity index (χ2v) is 2.61. The maximum Gasteiger partial charge on any atom is 0.121 e. The molecule has 1 aromatic carbocycles. The van der Waals surface area contributed by atoms with Crippen molar-refractivity contribution >= 4 is 34.7 Å². The Bertz CT molecular complexity index is 334. The number of thiocarbonyl (C=S) groups is 1. The molecule has 0 aliphatic heterocycles. The smallest absolute Gasteiger partial charge is 0.121 e. The molecule has 4 heteroatoms. The third kappa shape index (κ3) is 2.05. The molecule has 0 saturated heterocycles. The van der Waals surface area contributed by atoms with Crippen molar-refractivity contribution in [3.8, 4) is 5.75 Å². The highest BCUT2D eigenvalue weighted by atomic mass is 35.5. The maximum atomic E-state index is 5.80. The molecular weight excluding hydrogens is 194 g/mol. The molecule has 0 atom stereocenters. The molecule has 0 fully saturated rings. The Morgan fingerprint density at radius 3 is 2.92 bits per heavy atom. The largest absolute Gasteiger partial charge is 0.497 e. The van der Waals surface area contributed by atoms with Gasteiger partial charge in [0.1, 0.15) is 5.75 Å². The highest BCUT2D eigenvalue weighted by Crippen LogP contribution is 2.28. The number of isothiocyanates is 1. The zero-order chi connectivity index (χ0) is 8.97. The van der Waals surface area contributed by atoms with Gasteiger partial charge in [0.25, 0.3) is 0 Å². The first-order valence-electron chi connectivity index (χ1n) is 3.19. The molecule has 62 valence electrons. The van der Waals surface area contributed by atoms with Crippen LogP contribution in [0.1, 0.15) is 0 Å². The first-order valence-corrected chi connectivity index (χ1v) is 3.98. The van der Waals surface area contributed by atoms with E-state index in [-0.39, 0.29) is 0 Å². The van der Waals surface area contributed by atoms with E-state index >= 15 is 0 Å². The van der Waals surface area contributed by atoms with Crippen LogP contribution in [0.25, 0.3) is 0 Å². The van der Waals surface area contributed by atoms with Gasteiger partial charge in [-0.25, -0.2) is 0 Å². The molecule has 0 aliphatic carbocycles. The van der Waals surface area contributed by atoms with Crippen LogP contribution < -0.4 is 4.74 Å². The molecule has 0 spiro atoms. The second-order valence-electron chi connectivity index (χ2n) is 2.02. The molecule has 0 heterocycles. The van der Waals surface area contributed by atoms with Crippen molar-refractivity contribution in [3.05, 3.63) is 23.2 Å². The Hall–Kier alpha value is -0.890. The van der Waals surface area contributed by atoms with Gasteiger partial charge in [-0.1, -0.05) is 11.6 Å². The van der Waals surface area contributed by atoms with E-state index in [0.29, 0.717) is 16.5 Å². The Balaban J connectivity index is 3.16. The van der Waals surface area contributed by atoms with Gasteiger partial charge in [-0.15, -0.1) is 0 Å². The lowest BCUT2D eigenvalue weighted by Gasteiger charge is -2.00. The Labute approximate surface area is 80.8 Å². The van der Waals surface area contributed by atoms with E-state index in [1.165, 1.54) is 0 Å². The van der Waals surface area contributed by atoms with Gasteiger partial charge >= 0.3 is 0 Å². The summed E-state index contributed by atoms with van der Waals surface area (Å²) < 4.78 is 4.98. The number of aliphatic imine (C=N–C) groups is 1. The number of methoxy groups -OCH3 is 1. The Morgan fingerprint density at radius 2 is 2.33 bits per heavy atom. The molecule has 0 radical (unpaired) electrons. The summed E-state index contributed by atoms with van der Waals surface area (Å²) in [7, 11) is 1.58. The van der Waals surface area contributed by atoms with Gasteiger partial charge in [0.15, 0.2) is 0 Å².